The normalized spacial score (nSPS) is 23.8. The third kappa shape index (κ3) is 8.24. The molecule has 1 rings (SSSR count). The predicted octanol–water partition coefficient (Wildman–Crippen LogP) is 1.72. The van der Waals surface area contributed by atoms with Crippen molar-refractivity contribution in [1.82, 2.24) is 16.0 Å². The summed E-state index contributed by atoms with van der Waals surface area (Å²) in [4.78, 5) is 16.1. The van der Waals surface area contributed by atoms with Crippen molar-refractivity contribution in [1.29, 1.82) is 0 Å². The number of guanidine groups is 1. The Bertz CT molecular complexity index is 429. The quantitative estimate of drug-likeness (QED) is 0.258. The number of carbonyl (C=O) groups is 1. The Balaban J connectivity index is 0.00000529. The van der Waals surface area contributed by atoms with E-state index in [1.54, 1.807) is 11.8 Å². The number of nitrogens with zero attached hydrogens (tertiary/aromatic N) is 1. The molecule has 0 aromatic heterocycles. The number of aliphatic hydroxyl groups is 1. The van der Waals surface area contributed by atoms with Crippen molar-refractivity contribution in [3.05, 3.63) is 0 Å². The lowest BCUT2D eigenvalue weighted by molar-refractivity contribution is -0.121. The number of aliphatic imine (C=N–C) groups is 1. The van der Waals surface area contributed by atoms with Gasteiger partial charge < -0.3 is 21.1 Å². The standard InChI is InChI=1S/C16H32N4O2S.HI/c1-6-17-14(18-10-13(21)20-15(3,4)5)19-11-16(22)9-8-12(16)23-7-2;/h12,22H,6-11H2,1-5H3,(H,20,21)(H2,17,18,19);1H. The van der Waals surface area contributed by atoms with Gasteiger partial charge in [-0.3, -0.25) is 4.79 Å². The van der Waals surface area contributed by atoms with Gasteiger partial charge >= 0.3 is 0 Å². The second-order valence-electron chi connectivity index (χ2n) is 6.93. The Morgan fingerprint density at radius 2 is 2.00 bits per heavy atom. The molecule has 0 aromatic rings. The van der Waals surface area contributed by atoms with Crippen LogP contribution in [0.15, 0.2) is 4.99 Å². The van der Waals surface area contributed by atoms with E-state index in [4.69, 9.17) is 0 Å². The van der Waals surface area contributed by atoms with Crippen LogP contribution in [-0.4, -0.2) is 58.8 Å². The third-order valence-electron chi connectivity index (χ3n) is 3.61. The Hall–Kier alpha value is -0.220. The fourth-order valence-electron chi connectivity index (χ4n) is 2.42. The van der Waals surface area contributed by atoms with E-state index in [0.29, 0.717) is 19.0 Å². The van der Waals surface area contributed by atoms with Gasteiger partial charge in [-0.05, 0) is 46.3 Å². The summed E-state index contributed by atoms with van der Waals surface area (Å²) < 4.78 is 0. The molecule has 0 radical (unpaired) electrons. The van der Waals surface area contributed by atoms with Gasteiger partial charge in [0.15, 0.2) is 5.96 Å². The molecule has 0 saturated heterocycles. The monoisotopic (exact) mass is 472 g/mol. The lowest BCUT2D eigenvalue weighted by Gasteiger charge is -2.45. The number of hydrogen-bond donors (Lipinski definition) is 4. The highest BCUT2D eigenvalue weighted by Crippen LogP contribution is 2.40. The number of nitrogens with one attached hydrogen (secondary N) is 3. The molecule has 8 heteroatoms. The first-order valence-corrected chi connectivity index (χ1v) is 9.42. The summed E-state index contributed by atoms with van der Waals surface area (Å²) in [6.07, 6.45) is 1.86. The van der Waals surface area contributed by atoms with Crippen LogP contribution >= 0.6 is 35.7 Å². The molecule has 1 fully saturated rings. The molecule has 0 heterocycles. The van der Waals surface area contributed by atoms with E-state index < -0.39 is 5.60 Å². The minimum Gasteiger partial charge on any atom is -0.387 e. The van der Waals surface area contributed by atoms with Crippen LogP contribution in [0.5, 0.6) is 0 Å². The molecular formula is C16H33IN4O2S. The van der Waals surface area contributed by atoms with Gasteiger partial charge in [-0.2, -0.15) is 11.8 Å². The first-order valence-electron chi connectivity index (χ1n) is 8.37. The van der Waals surface area contributed by atoms with Crippen LogP contribution in [0.1, 0.15) is 47.5 Å². The number of hydrogen-bond acceptors (Lipinski definition) is 4. The van der Waals surface area contributed by atoms with Gasteiger partial charge in [-0.15, -0.1) is 24.0 Å². The lowest BCUT2D eigenvalue weighted by Crippen LogP contribution is -2.58. The van der Waals surface area contributed by atoms with Crippen molar-refractivity contribution >= 4 is 47.6 Å². The number of amides is 1. The predicted molar refractivity (Wildman–Crippen MR) is 113 cm³/mol. The summed E-state index contributed by atoms with van der Waals surface area (Å²) >= 11 is 1.80. The van der Waals surface area contributed by atoms with Gasteiger partial charge in [-0.25, -0.2) is 4.99 Å². The average Bonchev–Trinajstić information content (AvgIpc) is 2.44. The molecule has 2 unspecified atom stereocenters. The van der Waals surface area contributed by atoms with E-state index in [1.165, 1.54) is 0 Å². The highest BCUT2D eigenvalue weighted by Gasteiger charge is 2.45. The van der Waals surface area contributed by atoms with Crippen LogP contribution in [0.3, 0.4) is 0 Å². The maximum atomic E-state index is 11.8. The molecule has 0 bridgehead atoms. The van der Waals surface area contributed by atoms with Crippen LogP contribution in [0.25, 0.3) is 0 Å². The summed E-state index contributed by atoms with van der Waals surface area (Å²) in [5, 5.41) is 20.0. The Labute approximate surface area is 167 Å². The summed E-state index contributed by atoms with van der Waals surface area (Å²) in [5.41, 5.74) is -0.936. The molecule has 0 aromatic carbocycles. The van der Waals surface area contributed by atoms with Crippen LogP contribution in [-0.2, 0) is 4.79 Å². The van der Waals surface area contributed by atoms with E-state index in [0.717, 1.165) is 18.6 Å². The molecule has 1 saturated carbocycles. The zero-order valence-electron chi connectivity index (χ0n) is 15.4. The average molecular weight is 472 g/mol. The van der Waals surface area contributed by atoms with Gasteiger partial charge in [0.05, 0.1) is 5.60 Å². The highest BCUT2D eigenvalue weighted by atomic mass is 127. The Kier molecular flexibility index (Phi) is 10.6. The van der Waals surface area contributed by atoms with Gasteiger partial charge in [-0.1, -0.05) is 6.92 Å². The van der Waals surface area contributed by atoms with E-state index in [9.17, 15) is 9.90 Å². The molecular weight excluding hydrogens is 439 g/mol. The maximum Gasteiger partial charge on any atom is 0.242 e. The molecule has 0 spiro atoms. The molecule has 24 heavy (non-hydrogen) atoms. The first kappa shape index (κ1) is 23.8. The minimum absolute atomic E-state index is 0. The van der Waals surface area contributed by atoms with Crippen molar-refractivity contribution in [2.75, 3.05) is 25.4 Å². The van der Waals surface area contributed by atoms with E-state index in [1.807, 2.05) is 27.7 Å². The highest BCUT2D eigenvalue weighted by molar-refractivity contribution is 14.0. The van der Waals surface area contributed by atoms with Crippen LogP contribution in [0.2, 0.25) is 0 Å². The zero-order chi connectivity index (χ0) is 17.5. The molecule has 1 amide bonds. The van der Waals surface area contributed by atoms with Crippen LogP contribution in [0, 0.1) is 0 Å². The van der Waals surface area contributed by atoms with Gasteiger partial charge in [0.1, 0.15) is 6.54 Å². The van der Waals surface area contributed by atoms with E-state index in [2.05, 4.69) is 27.9 Å². The van der Waals surface area contributed by atoms with Crippen LogP contribution in [0.4, 0.5) is 0 Å². The second kappa shape index (κ2) is 10.7. The number of thioether (sulfide) groups is 1. The molecule has 0 aliphatic heterocycles. The van der Waals surface area contributed by atoms with Crippen LogP contribution < -0.4 is 16.0 Å². The van der Waals surface area contributed by atoms with E-state index >= 15 is 0 Å². The van der Waals surface area contributed by atoms with Crippen molar-refractivity contribution in [3.63, 3.8) is 0 Å². The smallest absolute Gasteiger partial charge is 0.242 e. The molecule has 6 nitrogen and oxygen atoms in total. The molecule has 4 N–H and O–H groups in total. The Morgan fingerprint density at radius 3 is 2.46 bits per heavy atom. The SMILES string of the molecule is CCNC(=NCC(=O)NC(C)(C)C)NCC1(O)CCC1SCC.I. The molecule has 1 aliphatic rings. The third-order valence-corrected chi connectivity index (χ3v) is 5.02. The lowest BCUT2D eigenvalue weighted by atomic mass is 9.79. The van der Waals surface area contributed by atoms with Crippen molar-refractivity contribution in [2.45, 2.75) is 63.9 Å². The largest absolute Gasteiger partial charge is 0.387 e. The number of carbonyl (C=O) groups excluding carboxylic acids is 1. The first-order chi connectivity index (χ1) is 10.7. The van der Waals surface area contributed by atoms with Gasteiger partial charge in [0.2, 0.25) is 5.91 Å². The zero-order valence-corrected chi connectivity index (χ0v) is 18.6. The van der Waals surface area contributed by atoms with E-state index in [-0.39, 0.29) is 47.2 Å². The van der Waals surface area contributed by atoms with Crippen molar-refractivity contribution in [2.24, 2.45) is 4.99 Å². The molecule has 1 aliphatic carbocycles. The topological polar surface area (TPSA) is 85.8 Å². The van der Waals surface area contributed by atoms with Gasteiger partial charge in [0.25, 0.3) is 0 Å². The maximum absolute atomic E-state index is 11.8. The number of halogens is 1. The Morgan fingerprint density at radius 1 is 1.33 bits per heavy atom. The van der Waals surface area contributed by atoms with Gasteiger partial charge in [0, 0.05) is 23.9 Å². The molecule has 2 atom stereocenters. The summed E-state index contributed by atoms with van der Waals surface area (Å²) in [7, 11) is 0. The summed E-state index contributed by atoms with van der Waals surface area (Å²) in [5.74, 6) is 1.46. The minimum atomic E-state index is -0.676. The summed E-state index contributed by atoms with van der Waals surface area (Å²) in [6.45, 7) is 11.1. The second-order valence-corrected chi connectivity index (χ2v) is 8.41. The number of rotatable bonds is 7. The van der Waals surface area contributed by atoms with Crippen molar-refractivity contribution in [3.8, 4) is 0 Å². The molecule has 142 valence electrons. The summed E-state index contributed by atoms with van der Waals surface area (Å²) in [6, 6.07) is 0. The fourth-order valence-corrected chi connectivity index (χ4v) is 3.62. The van der Waals surface area contributed by atoms with Crippen molar-refractivity contribution < 1.29 is 9.90 Å². The fraction of sp³-hybridized carbons (Fsp3) is 0.875.